The maximum Gasteiger partial charge on any atom is 0.125 e. The van der Waals surface area contributed by atoms with Crippen LogP contribution in [-0.4, -0.2) is 15.3 Å². The molecule has 0 saturated carbocycles. The molecule has 3 heteroatoms. The molecule has 0 aliphatic heterocycles. The number of aromatic nitrogens is 2. The Morgan fingerprint density at radius 1 is 0.833 bits per heavy atom. The van der Waals surface area contributed by atoms with E-state index in [0.29, 0.717) is 11.3 Å². The smallest absolute Gasteiger partial charge is 0.125 e. The number of nitrogens with zero attached hydrogens (tertiary/aromatic N) is 2. The Balaban J connectivity index is 2.38. The lowest BCUT2D eigenvalue weighted by Crippen LogP contribution is -1.93. The number of para-hydroxylation sites is 1. The number of aryl methyl sites for hydroxylation is 1. The average Bonchev–Trinajstić information content (AvgIpc) is 2.41. The van der Waals surface area contributed by atoms with Crippen molar-refractivity contribution in [3.8, 4) is 17.0 Å². The van der Waals surface area contributed by atoms with Crippen molar-refractivity contribution >= 4 is 10.8 Å². The van der Waals surface area contributed by atoms with Gasteiger partial charge in [0.25, 0.3) is 0 Å². The Morgan fingerprint density at radius 3 is 2.28 bits per heavy atom. The highest BCUT2D eigenvalue weighted by Crippen LogP contribution is 2.32. The lowest BCUT2D eigenvalue weighted by atomic mass is 10.0. The van der Waals surface area contributed by atoms with Crippen LogP contribution in [0.4, 0.5) is 0 Å². The van der Waals surface area contributed by atoms with Crippen molar-refractivity contribution in [2.24, 2.45) is 0 Å². The van der Waals surface area contributed by atoms with E-state index in [1.165, 1.54) is 0 Å². The fourth-order valence-corrected chi connectivity index (χ4v) is 2.11. The zero-order valence-electron chi connectivity index (χ0n) is 9.96. The quantitative estimate of drug-likeness (QED) is 0.705. The number of benzene rings is 2. The van der Waals surface area contributed by atoms with E-state index in [-0.39, 0.29) is 5.75 Å². The van der Waals surface area contributed by atoms with Crippen LogP contribution in [0.5, 0.6) is 5.75 Å². The molecule has 0 unspecified atom stereocenters. The van der Waals surface area contributed by atoms with Crippen molar-refractivity contribution in [2.75, 3.05) is 0 Å². The summed E-state index contributed by atoms with van der Waals surface area (Å²) in [7, 11) is 0. The van der Waals surface area contributed by atoms with Gasteiger partial charge in [0.1, 0.15) is 11.4 Å². The maximum atomic E-state index is 9.92. The highest BCUT2D eigenvalue weighted by Gasteiger charge is 2.11. The molecular weight excluding hydrogens is 224 g/mol. The van der Waals surface area contributed by atoms with Gasteiger partial charge in [0.05, 0.1) is 5.69 Å². The standard InChI is InChI=1S/C15H12N2O/c1-10-11-6-2-3-7-12(11)15(17-16-10)13-8-4-5-9-14(13)18/h2-9,18H,1H3. The summed E-state index contributed by atoms with van der Waals surface area (Å²) in [6.07, 6.45) is 0. The van der Waals surface area contributed by atoms with Gasteiger partial charge in [-0.3, -0.25) is 0 Å². The third-order valence-electron chi connectivity index (χ3n) is 3.03. The van der Waals surface area contributed by atoms with E-state index in [1.54, 1.807) is 12.1 Å². The first-order valence-corrected chi connectivity index (χ1v) is 5.78. The monoisotopic (exact) mass is 236 g/mol. The highest BCUT2D eigenvalue weighted by atomic mass is 16.3. The fraction of sp³-hybridized carbons (Fsp3) is 0.0667. The second-order valence-corrected chi connectivity index (χ2v) is 4.20. The molecule has 1 N–H and O–H groups in total. The Morgan fingerprint density at radius 2 is 1.50 bits per heavy atom. The molecule has 3 nitrogen and oxygen atoms in total. The molecule has 18 heavy (non-hydrogen) atoms. The molecular formula is C15H12N2O. The van der Waals surface area contributed by atoms with Crippen molar-refractivity contribution in [1.82, 2.24) is 10.2 Å². The third-order valence-corrected chi connectivity index (χ3v) is 3.03. The zero-order valence-corrected chi connectivity index (χ0v) is 9.96. The van der Waals surface area contributed by atoms with Crippen LogP contribution in [0.3, 0.4) is 0 Å². The number of aromatic hydroxyl groups is 1. The number of fused-ring (bicyclic) bond motifs is 1. The first-order chi connectivity index (χ1) is 8.77. The number of phenols is 1. The molecule has 3 rings (SSSR count). The van der Waals surface area contributed by atoms with Gasteiger partial charge in [-0.15, -0.1) is 5.10 Å². The van der Waals surface area contributed by atoms with Crippen molar-refractivity contribution in [3.05, 3.63) is 54.2 Å². The van der Waals surface area contributed by atoms with Gasteiger partial charge in [0.15, 0.2) is 0 Å². The Bertz CT molecular complexity index is 723. The van der Waals surface area contributed by atoms with Gasteiger partial charge in [0.2, 0.25) is 0 Å². The summed E-state index contributed by atoms with van der Waals surface area (Å²) < 4.78 is 0. The molecule has 0 amide bonds. The average molecular weight is 236 g/mol. The summed E-state index contributed by atoms with van der Waals surface area (Å²) in [4.78, 5) is 0. The highest BCUT2D eigenvalue weighted by molar-refractivity contribution is 5.96. The van der Waals surface area contributed by atoms with Gasteiger partial charge in [-0.25, -0.2) is 0 Å². The molecule has 0 bridgehead atoms. The van der Waals surface area contributed by atoms with Crippen LogP contribution in [-0.2, 0) is 0 Å². The minimum atomic E-state index is 0.223. The SMILES string of the molecule is Cc1nnc(-c2ccccc2O)c2ccccc12. The van der Waals surface area contributed by atoms with Gasteiger partial charge < -0.3 is 5.11 Å². The van der Waals surface area contributed by atoms with E-state index in [4.69, 9.17) is 0 Å². The van der Waals surface area contributed by atoms with Crippen LogP contribution in [0.2, 0.25) is 0 Å². The number of hydrogen-bond acceptors (Lipinski definition) is 3. The number of rotatable bonds is 1. The Kier molecular flexibility index (Phi) is 2.45. The van der Waals surface area contributed by atoms with Crippen LogP contribution in [0, 0.1) is 6.92 Å². The van der Waals surface area contributed by atoms with Gasteiger partial charge in [-0.2, -0.15) is 5.10 Å². The van der Waals surface area contributed by atoms with Crippen LogP contribution >= 0.6 is 0 Å². The Labute approximate surface area is 105 Å². The molecule has 0 aliphatic carbocycles. The van der Waals surface area contributed by atoms with Crippen molar-refractivity contribution in [1.29, 1.82) is 0 Å². The Hall–Kier alpha value is -2.42. The molecule has 1 aromatic heterocycles. The maximum absolute atomic E-state index is 9.92. The lowest BCUT2D eigenvalue weighted by Gasteiger charge is -2.08. The first kappa shape index (κ1) is 10.7. The van der Waals surface area contributed by atoms with E-state index in [2.05, 4.69) is 10.2 Å². The van der Waals surface area contributed by atoms with E-state index < -0.39 is 0 Å². The van der Waals surface area contributed by atoms with Gasteiger partial charge in [0, 0.05) is 16.3 Å². The number of phenolic OH excluding ortho intramolecular Hbond substituents is 1. The molecule has 0 saturated heterocycles. The zero-order chi connectivity index (χ0) is 12.5. The van der Waals surface area contributed by atoms with Crippen LogP contribution in [0.25, 0.3) is 22.0 Å². The summed E-state index contributed by atoms with van der Waals surface area (Å²) in [6.45, 7) is 1.93. The van der Waals surface area contributed by atoms with E-state index in [1.807, 2.05) is 43.3 Å². The van der Waals surface area contributed by atoms with Crippen LogP contribution in [0.15, 0.2) is 48.5 Å². The van der Waals surface area contributed by atoms with Gasteiger partial charge >= 0.3 is 0 Å². The minimum absolute atomic E-state index is 0.223. The van der Waals surface area contributed by atoms with Gasteiger partial charge in [-0.05, 0) is 19.1 Å². The summed E-state index contributed by atoms with van der Waals surface area (Å²) in [5.74, 6) is 0.223. The van der Waals surface area contributed by atoms with Crippen LogP contribution < -0.4 is 0 Å². The van der Waals surface area contributed by atoms with Gasteiger partial charge in [-0.1, -0.05) is 36.4 Å². The largest absolute Gasteiger partial charge is 0.507 e. The first-order valence-electron chi connectivity index (χ1n) is 5.78. The molecule has 0 fully saturated rings. The second kappa shape index (κ2) is 4.11. The minimum Gasteiger partial charge on any atom is -0.507 e. The van der Waals surface area contributed by atoms with E-state index in [0.717, 1.165) is 16.5 Å². The third kappa shape index (κ3) is 1.61. The normalized spacial score (nSPS) is 10.7. The molecule has 1 heterocycles. The summed E-state index contributed by atoms with van der Waals surface area (Å²) >= 11 is 0. The van der Waals surface area contributed by atoms with Crippen molar-refractivity contribution < 1.29 is 5.11 Å². The van der Waals surface area contributed by atoms with E-state index >= 15 is 0 Å². The van der Waals surface area contributed by atoms with E-state index in [9.17, 15) is 5.11 Å². The number of hydrogen-bond donors (Lipinski definition) is 1. The summed E-state index contributed by atoms with van der Waals surface area (Å²) in [6, 6.07) is 15.1. The summed E-state index contributed by atoms with van der Waals surface area (Å²) in [5.41, 5.74) is 2.32. The summed E-state index contributed by atoms with van der Waals surface area (Å²) in [5, 5.41) is 20.4. The van der Waals surface area contributed by atoms with Crippen LogP contribution in [0.1, 0.15) is 5.69 Å². The molecule has 3 aromatic rings. The predicted molar refractivity (Wildman–Crippen MR) is 71.4 cm³/mol. The molecule has 0 aliphatic rings. The van der Waals surface area contributed by atoms with Crippen molar-refractivity contribution in [3.63, 3.8) is 0 Å². The predicted octanol–water partition coefficient (Wildman–Crippen LogP) is 3.31. The topological polar surface area (TPSA) is 46.0 Å². The molecule has 0 radical (unpaired) electrons. The molecule has 2 aromatic carbocycles. The lowest BCUT2D eigenvalue weighted by molar-refractivity contribution is 0.477. The molecule has 0 spiro atoms. The fourth-order valence-electron chi connectivity index (χ4n) is 2.11. The van der Waals surface area contributed by atoms with Crippen molar-refractivity contribution in [2.45, 2.75) is 6.92 Å². The molecule has 88 valence electrons. The molecule has 0 atom stereocenters. The second-order valence-electron chi connectivity index (χ2n) is 4.20.